The van der Waals surface area contributed by atoms with Gasteiger partial charge in [-0.25, -0.2) is 9.79 Å². The van der Waals surface area contributed by atoms with Crippen molar-refractivity contribution >= 4 is 40.9 Å². The molecule has 4 rings (SSSR count). The number of carbonyl (C=O) groups excluding carboxylic acids is 1. The summed E-state index contributed by atoms with van der Waals surface area (Å²) in [5.74, 6) is -1.42. The van der Waals surface area contributed by atoms with Gasteiger partial charge in [-0.1, -0.05) is 17.7 Å². The fraction of sp³-hybridized carbons (Fsp3) is 0.120. The van der Waals surface area contributed by atoms with Crippen molar-refractivity contribution < 1.29 is 42.0 Å². The van der Waals surface area contributed by atoms with Crippen molar-refractivity contribution in [1.82, 2.24) is 0 Å². The number of aliphatic imine (C=N–C) groups is 1. The molecular formula is C25H15ClF3N3O8. The zero-order chi connectivity index (χ0) is 29.2. The quantitative estimate of drug-likeness (QED) is 0.124. The third-order valence-electron chi connectivity index (χ3n) is 5.29. The Bertz CT molecular complexity index is 1600. The van der Waals surface area contributed by atoms with Crippen molar-refractivity contribution in [1.29, 1.82) is 0 Å². The number of hydrogen-bond acceptors (Lipinski definition) is 9. The molecule has 0 unspecified atom stereocenters. The van der Waals surface area contributed by atoms with Gasteiger partial charge in [0.2, 0.25) is 11.6 Å². The molecule has 0 N–H and O–H groups in total. The SMILES string of the molecule is CCOc1cc(/C=C2\N=C(c3ccc([N+](=O)[O-])cc3Cl)OC2=O)ccc1Oc1ccc(C(F)(F)F)cc1[N+](=O)[O-]. The summed E-state index contributed by atoms with van der Waals surface area (Å²) < 4.78 is 55.3. The number of carbonyl (C=O) groups is 1. The maximum Gasteiger partial charge on any atom is 0.416 e. The van der Waals surface area contributed by atoms with Crippen LogP contribution in [0.5, 0.6) is 17.2 Å². The Morgan fingerprint density at radius 3 is 2.35 bits per heavy atom. The number of hydrogen-bond donors (Lipinski definition) is 0. The number of rotatable bonds is 8. The molecule has 0 saturated heterocycles. The van der Waals surface area contributed by atoms with Gasteiger partial charge in [0.05, 0.1) is 32.6 Å². The lowest BCUT2D eigenvalue weighted by atomic mass is 10.1. The molecule has 3 aromatic carbocycles. The van der Waals surface area contributed by atoms with Crippen molar-refractivity contribution in [2.45, 2.75) is 13.1 Å². The summed E-state index contributed by atoms with van der Waals surface area (Å²) >= 11 is 6.09. The van der Waals surface area contributed by atoms with Gasteiger partial charge in [0.25, 0.3) is 5.69 Å². The van der Waals surface area contributed by atoms with Crippen molar-refractivity contribution in [2.75, 3.05) is 6.61 Å². The van der Waals surface area contributed by atoms with Gasteiger partial charge in [-0.2, -0.15) is 13.2 Å². The second kappa shape index (κ2) is 11.0. The molecule has 3 aromatic rings. The number of halogens is 4. The fourth-order valence-electron chi connectivity index (χ4n) is 3.48. The number of benzene rings is 3. The Balaban J connectivity index is 1.65. The summed E-state index contributed by atoms with van der Waals surface area (Å²) in [7, 11) is 0. The molecule has 0 aromatic heterocycles. The topological polar surface area (TPSA) is 143 Å². The number of nitro benzene ring substituents is 2. The van der Waals surface area contributed by atoms with Gasteiger partial charge < -0.3 is 14.2 Å². The van der Waals surface area contributed by atoms with Gasteiger partial charge in [0.1, 0.15) is 0 Å². The van der Waals surface area contributed by atoms with Crippen molar-refractivity contribution in [2.24, 2.45) is 4.99 Å². The molecule has 1 aliphatic heterocycles. The summed E-state index contributed by atoms with van der Waals surface area (Å²) in [5.41, 5.74) is -1.99. The van der Waals surface area contributed by atoms with Gasteiger partial charge in [-0.15, -0.1) is 0 Å². The number of nitrogens with zero attached hydrogens (tertiary/aromatic N) is 3. The van der Waals surface area contributed by atoms with E-state index in [1.807, 2.05) is 0 Å². The predicted molar refractivity (Wildman–Crippen MR) is 134 cm³/mol. The maximum absolute atomic E-state index is 13.0. The van der Waals surface area contributed by atoms with E-state index in [1.54, 1.807) is 6.92 Å². The fourth-order valence-corrected chi connectivity index (χ4v) is 3.74. The first-order chi connectivity index (χ1) is 18.9. The van der Waals surface area contributed by atoms with Crippen LogP contribution in [0.25, 0.3) is 6.08 Å². The van der Waals surface area contributed by atoms with E-state index in [0.717, 1.165) is 12.1 Å². The Kier molecular flexibility index (Phi) is 7.72. The molecule has 11 nitrogen and oxygen atoms in total. The second-order valence-corrected chi connectivity index (χ2v) is 8.34. The largest absolute Gasteiger partial charge is 0.490 e. The van der Waals surface area contributed by atoms with Crippen LogP contribution in [0.1, 0.15) is 23.6 Å². The maximum atomic E-state index is 13.0. The van der Waals surface area contributed by atoms with E-state index in [1.165, 1.54) is 36.4 Å². The van der Waals surface area contributed by atoms with Crippen molar-refractivity contribution in [3.05, 3.63) is 102 Å². The molecule has 0 fully saturated rings. The van der Waals surface area contributed by atoms with Crippen LogP contribution in [0.4, 0.5) is 24.5 Å². The highest BCUT2D eigenvalue weighted by molar-refractivity contribution is 6.34. The molecule has 0 spiro atoms. The van der Waals surface area contributed by atoms with Gasteiger partial charge in [-0.05, 0) is 48.9 Å². The number of ether oxygens (including phenoxy) is 3. The van der Waals surface area contributed by atoms with Crippen LogP contribution in [-0.2, 0) is 15.7 Å². The first-order valence-electron chi connectivity index (χ1n) is 11.1. The van der Waals surface area contributed by atoms with E-state index in [2.05, 4.69) is 4.99 Å². The minimum absolute atomic E-state index is 0.0392. The number of nitro groups is 2. The summed E-state index contributed by atoms with van der Waals surface area (Å²) in [6.07, 6.45) is -3.45. The third-order valence-corrected chi connectivity index (χ3v) is 5.60. The monoisotopic (exact) mass is 577 g/mol. The van der Waals surface area contributed by atoms with E-state index >= 15 is 0 Å². The highest BCUT2D eigenvalue weighted by atomic mass is 35.5. The van der Waals surface area contributed by atoms with E-state index in [9.17, 15) is 38.2 Å². The highest BCUT2D eigenvalue weighted by Crippen LogP contribution is 2.40. The van der Waals surface area contributed by atoms with Gasteiger partial charge in [-0.3, -0.25) is 20.2 Å². The normalized spacial score (nSPS) is 14.1. The van der Waals surface area contributed by atoms with Gasteiger partial charge >= 0.3 is 17.8 Å². The van der Waals surface area contributed by atoms with Crippen LogP contribution in [0, 0.1) is 20.2 Å². The molecule has 0 radical (unpaired) electrons. The number of alkyl halides is 3. The molecule has 0 amide bonds. The lowest BCUT2D eigenvalue weighted by Crippen LogP contribution is -2.06. The lowest BCUT2D eigenvalue weighted by molar-refractivity contribution is -0.385. The first-order valence-corrected chi connectivity index (χ1v) is 11.5. The van der Waals surface area contributed by atoms with Crippen LogP contribution < -0.4 is 9.47 Å². The summed E-state index contributed by atoms with van der Waals surface area (Å²) in [4.78, 5) is 37.2. The molecule has 0 atom stereocenters. The number of non-ortho nitro benzene ring substituents is 1. The van der Waals surface area contributed by atoms with Gasteiger partial charge in [0.15, 0.2) is 17.2 Å². The van der Waals surface area contributed by atoms with Crippen LogP contribution in [0.3, 0.4) is 0 Å². The molecule has 1 heterocycles. The Hall–Kier alpha value is -4.98. The number of cyclic esters (lactones) is 1. The molecule has 0 saturated carbocycles. The molecule has 1 aliphatic rings. The molecule has 0 bridgehead atoms. The third kappa shape index (κ3) is 6.02. The van der Waals surface area contributed by atoms with E-state index in [0.29, 0.717) is 17.7 Å². The molecule has 206 valence electrons. The molecule has 15 heteroatoms. The summed E-state index contributed by atoms with van der Waals surface area (Å²) in [6.45, 7) is 1.78. The average molecular weight is 578 g/mol. The smallest absolute Gasteiger partial charge is 0.416 e. The zero-order valence-corrected chi connectivity index (χ0v) is 20.9. The molecular weight excluding hydrogens is 563 g/mol. The van der Waals surface area contributed by atoms with E-state index < -0.39 is 39.0 Å². The summed E-state index contributed by atoms with van der Waals surface area (Å²) in [6, 6.07) is 9.61. The first kappa shape index (κ1) is 28.0. The Labute approximate surface area is 227 Å². The van der Waals surface area contributed by atoms with Crippen molar-refractivity contribution in [3.63, 3.8) is 0 Å². The van der Waals surface area contributed by atoms with E-state index in [4.69, 9.17) is 25.8 Å². The van der Waals surface area contributed by atoms with Gasteiger partial charge in [0, 0.05) is 18.2 Å². The number of esters is 1. The summed E-state index contributed by atoms with van der Waals surface area (Å²) in [5, 5.41) is 22.3. The highest BCUT2D eigenvalue weighted by Gasteiger charge is 2.33. The Morgan fingerprint density at radius 2 is 1.73 bits per heavy atom. The molecule has 40 heavy (non-hydrogen) atoms. The van der Waals surface area contributed by atoms with Crippen LogP contribution >= 0.6 is 11.6 Å². The Morgan fingerprint density at radius 1 is 1.00 bits per heavy atom. The van der Waals surface area contributed by atoms with Crippen LogP contribution in [0.2, 0.25) is 5.02 Å². The zero-order valence-electron chi connectivity index (χ0n) is 20.1. The molecule has 0 aliphatic carbocycles. The minimum atomic E-state index is -4.79. The standard InChI is InChI=1S/C25H15ClF3N3O8/c1-2-38-22-10-13(3-7-21(22)39-20-8-4-14(25(27,28)29)11-19(20)32(36)37)9-18-24(33)40-23(30-18)16-6-5-15(31(34)35)12-17(16)26/h3-12H,2H2,1H3/b18-9-. The lowest BCUT2D eigenvalue weighted by Gasteiger charge is -2.13. The van der Waals surface area contributed by atoms with Crippen LogP contribution in [-0.4, -0.2) is 28.3 Å². The minimum Gasteiger partial charge on any atom is -0.490 e. The predicted octanol–water partition coefficient (Wildman–Crippen LogP) is 6.71. The second-order valence-electron chi connectivity index (χ2n) is 7.94. The average Bonchev–Trinajstić information content (AvgIpc) is 3.24. The van der Waals surface area contributed by atoms with E-state index in [-0.39, 0.29) is 46.0 Å². The van der Waals surface area contributed by atoms with Crippen LogP contribution in [0.15, 0.2) is 65.3 Å². The van der Waals surface area contributed by atoms with Crippen molar-refractivity contribution in [3.8, 4) is 17.2 Å².